The molecular weight excluding hydrogens is 304 g/mol. The monoisotopic (exact) mass is 316 g/mol. The molecular formula is C15H13ClN4S. The van der Waals surface area contributed by atoms with E-state index < -0.39 is 0 Å². The van der Waals surface area contributed by atoms with Crippen molar-refractivity contribution in [3.63, 3.8) is 0 Å². The Morgan fingerprint density at radius 1 is 1.43 bits per heavy atom. The van der Waals surface area contributed by atoms with Crippen molar-refractivity contribution in [1.29, 1.82) is 5.26 Å². The predicted octanol–water partition coefficient (Wildman–Crippen LogP) is 4.15. The smallest absolute Gasteiger partial charge is 0.194 e. The van der Waals surface area contributed by atoms with Crippen molar-refractivity contribution < 1.29 is 0 Å². The molecule has 0 atom stereocenters. The maximum absolute atomic E-state index is 8.96. The number of imidazole rings is 1. The van der Waals surface area contributed by atoms with Crippen LogP contribution in [0.5, 0.6) is 0 Å². The molecule has 0 amide bonds. The summed E-state index contributed by atoms with van der Waals surface area (Å²) >= 11 is 7.84. The van der Waals surface area contributed by atoms with Crippen LogP contribution in [-0.4, -0.2) is 9.38 Å². The summed E-state index contributed by atoms with van der Waals surface area (Å²) in [5.41, 5.74) is 3.45. The van der Waals surface area contributed by atoms with Crippen molar-refractivity contribution in [3.8, 4) is 6.07 Å². The fraction of sp³-hybridized carbons (Fsp3) is 0.200. The Morgan fingerprint density at radius 3 is 3.00 bits per heavy atom. The minimum atomic E-state index is 0.587. The van der Waals surface area contributed by atoms with Crippen LogP contribution in [0.4, 0.5) is 5.69 Å². The lowest BCUT2D eigenvalue weighted by Gasteiger charge is -2.09. The SMILES string of the molecule is Cc1cn2c(CNc3cc(C#N)ccc3Cl)c(C)nc2s1. The molecule has 0 saturated carbocycles. The molecule has 21 heavy (non-hydrogen) atoms. The third-order valence-electron chi connectivity index (χ3n) is 3.28. The molecule has 0 aliphatic carbocycles. The summed E-state index contributed by atoms with van der Waals surface area (Å²) in [5, 5.41) is 12.9. The number of nitriles is 1. The van der Waals surface area contributed by atoms with Crippen LogP contribution < -0.4 is 5.32 Å². The van der Waals surface area contributed by atoms with E-state index in [1.54, 1.807) is 29.5 Å². The molecule has 0 unspecified atom stereocenters. The van der Waals surface area contributed by atoms with Crippen LogP contribution >= 0.6 is 22.9 Å². The van der Waals surface area contributed by atoms with Gasteiger partial charge in [-0.2, -0.15) is 5.26 Å². The second-order valence-electron chi connectivity index (χ2n) is 4.80. The summed E-state index contributed by atoms with van der Waals surface area (Å²) in [7, 11) is 0. The number of anilines is 1. The molecule has 1 aromatic carbocycles. The zero-order valence-electron chi connectivity index (χ0n) is 11.6. The van der Waals surface area contributed by atoms with Crippen molar-refractivity contribution in [2.45, 2.75) is 20.4 Å². The summed E-state index contributed by atoms with van der Waals surface area (Å²) in [6.07, 6.45) is 2.09. The Labute approximate surface area is 131 Å². The molecule has 0 radical (unpaired) electrons. The van der Waals surface area contributed by atoms with E-state index in [1.165, 1.54) is 4.88 Å². The van der Waals surface area contributed by atoms with Gasteiger partial charge in [-0.3, -0.25) is 4.40 Å². The molecule has 4 nitrogen and oxygen atoms in total. The molecule has 0 aliphatic heterocycles. The van der Waals surface area contributed by atoms with Crippen LogP contribution in [0, 0.1) is 25.2 Å². The van der Waals surface area contributed by atoms with E-state index in [0.29, 0.717) is 17.1 Å². The van der Waals surface area contributed by atoms with Crippen molar-refractivity contribution in [1.82, 2.24) is 9.38 Å². The molecule has 2 heterocycles. The number of nitrogens with one attached hydrogen (secondary N) is 1. The molecule has 0 saturated heterocycles. The predicted molar refractivity (Wildman–Crippen MR) is 86.0 cm³/mol. The molecule has 1 N–H and O–H groups in total. The number of nitrogens with zero attached hydrogens (tertiary/aromatic N) is 3. The van der Waals surface area contributed by atoms with Crippen LogP contribution in [0.3, 0.4) is 0 Å². The summed E-state index contributed by atoms with van der Waals surface area (Å²) in [4.78, 5) is 6.78. The first-order chi connectivity index (χ1) is 10.1. The second kappa shape index (κ2) is 5.40. The minimum absolute atomic E-state index is 0.587. The third kappa shape index (κ3) is 2.60. The largest absolute Gasteiger partial charge is 0.378 e. The molecule has 0 spiro atoms. The van der Waals surface area contributed by atoms with E-state index in [-0.39, 0.29) is 0 Å². The number of thiazole rings is 1. The Kier molecular flexibility index (Phi) is 3.58. The first-order valence-corrected chi connectivity index (χ1v) is 7.65. The van der Waals surface area contributed by atoms with Gasteiger partial charge >= 0.3 is 0 Å². The van der Waals surface area contributed by atoms with Crippen molar-refractivity contribution in [2.24, 2.45) is 0 Å². The number of aromatic nitrogens is 2. The lowest BCUT2D eigenvalue weighted by atomic mass is 10.2. The van der Waals surface area contributed by atoms with Gasteiger partial charge in [0, 0.05) is 11.1 Å². The first-order valence-electron chi connectivity index (χ1n) is 6.46. The molecule has 3 rings (SSSR count). The van der Waals surface area contributed by atoms with E-state index in [2.05, 4.69) is 33.9 Å². The van der Waals surface area contributed by atoms with Crippen LogP contribution in [-0.2, 0) is 6.54 Å². The van der Waals surface area contributed by atoms with Gasteiger partial charge in [-0.15, -0.1) is 11.3 Å². The van der Waals surface area contributed by atoms with E-state index in [1.807, 2.05) is 6.92 Å². The highest BCUT2D eigenvalue weighted by molar-refractivity contribution is 7.17. The molecule has 106 valence electrons. The highest BCUT2D eigenvalue weighted by atomic mass is 35.5. The molecule has 0 bridgehead atoms. The van der Waals surface area contributed by atoms with Gasteiger partial charge in [0.25, 0.3) is 0 Å². The van der Waals surface area contributed by atoms with Gasteiger partial charge in [-0.05, 0) is 32.0 Å². The van der Waals surface area contributed by atoms with Gasteiger partial charge in [0.1, 0.15) is 0 Å². The highest BCUT2D eigenvalue weighted by Gasteiger charge is 2.11. The zero-order valence-corrected chi connectivity index (χ0v) is 13.2. The number of hydrogen-bond acceptors (Lipinski definition) is 4. The van der Waals surface area contributed by atoms with Gasteiger partial charge in [0.15, 0.2) is 4.96 Å². The summed E-state index contributed by atoms with van der Waals surface area (Å²) in [6, 6.07) is 7.31. The Bertz CT molecular complexity index is 857. The van der Waals surface area contributed by atoms with E-state index >= 15 is 0 Å². The van der Waals surface area contributed by atoms with Crippen molar-refractivity contribution >= 4 is 33.6 Å². The minimum Gasteiger partial charge on any atom is -0.378 e. The maximum atomic E-state index is 8.96. The quantitative estimate of drug-likeness (QED) is 0.789. The standard InChI is InChI=1S/C15H13ClN4S/c1-9-8-20-14(10(2)19-15(20)21-9)7-18-13-5-11(6-17)3-4-12(13)16/h3-5,8,18H,7H2,1-2H3. The number of hydrogen-bond donors (Lipinski definition) is 1. The molecule has 3 aromatic rings. The molecule has 6 heteroatoms. The van der Waals surface area contributed by atoms with Crippen LogP contribution in [0.1, 0.15) is 21.8 Å². The topological polar surface area (TPSA) is 53.1 Å². The number of aryl methyl sites for hydroxylation is 2. The average molecular weight is 317 g/mol. The second-order valence-corrected chi connectivity index (χ2v) is 6.42. The van der Waals surface area contributed by atoms with Crippen LogP contribution in [0.2, 0.25) is 5.02 Å². The van der Waals surface area contributed by atoms with E-state index in [0.717, 1.165) is 22.0 Å². The van der Waals surface area contributed by atoms with E-state index in [9.17, 15) is 0 Å². The number of halogens is 1. The van der Waals surface area contributed by atoms with Gasteiger partial charge in [-0.25, -0.2) is 4.98 Å². The zero-order chi connectivity index (χ0) is 15.0. The van der Waals surface area contributed by atoms with Gasteiger partial charge in [0.05, 0.1) is 40.3 Å². The van der Waals surface area contributed by atoms with Gasteiger partial charge in [0.2, 0.25) is 0 Å². The first kappa shape index (κ1) is 13.9. The lowest BCUT2D eigenvalue weighted by Crippen LogP contribution is -2.04. The van der Waals surface area contributed by atoms with Crippen LogP contribution in [0.25, 0.3) is 4.96 Å². The Hall–Kier alpha value is -2.03. The van der Waals surface area contributed by atoms with E-state index in [4.69, 9.17) is 16.9 Å². The number of fused-ring (bicyclic) bond motifs is 1. The highest BCUT2D eigenvalue weighted by Crippen LogP contribution is 2.25. The summed E-state index contributed by atoms with van der Waals surface area (Å²) in [5.74, 6) is 0. The fourth-order valence-electron chi connectivity index (χ4n) is 2.23. The van der Waals surface area contributed by atoms with Gasteiger partial charge in [-0.1, -0.05) is 11.6 Å². The maximum Gasteiger partial charge on any atom is 0.194 e. The van der Waals surface area contributed by atoms with Crippen molar-refractivity contribution in [3.05, 3.63) is 51.2 Å². The Morgan fingerprint density at radius 2 is 2.24 bits per heavy atom. The lowest BCUT2D eigenvalue weighted by molar-refractivity contribution is 0.991. The van der Waals surface area contributed by atoms with Crippen LogP contribution in [0.15, 0.2) is 24.4 Å². The number of benzene rings is 1. The average Bonchev–Trinajstić information content (AvgIpc) is 2.93. The fourth-order valence-corrected chi connectivity index (χ4v) is 3.31. The normalized spacial score (nSPS) is 10.8. The molecule has 0 fully saturated rings. The number of rotatable bonds is 3. The Balaban J connectivity index is 1.90. The molecule has 0 aliphatic rings. The summed E-state index contributed by atoms with van der Waals surface area (Å²) < 4.78 is 2.10. The van der Waals surface area contributed by atoms with Crippen molar-refractivity contribution in [2.75, 3.05) is 5.32 Å². The summed E-state index contributed by atoms with van der Waals surface area (Å²) in [6.45, 7) is 4.68. The van der Waals surface area contributed by atoms with Gasteiger partial charge < -0.3 is 5.32 Å². The molecule has 2 aromatic heterocycles. The third-order valence-corrected chi connectivity index (χ3v) is 4.51.